The molecule has 0 fully saturated rings. The number of unbranched alkanes of at least 4 members (excludes halogenated alkanes) is 39. The summed E-state index contributed by atoms with van der Waals surface area (Å²) in [6, 6.07) is 0. The number of rotatable bonds is 64. The van der Waals surface area contributed by atoms with Crippen LogP contribution in [0.2, 0.25) is 0 Å². The van der Waals surface area contributed by atoms with Gasteiger partial charge in [-0.05, 0) is 96.3 Å². The molecule has 81 heavy (non-hydrogen) atoms. The highest BCUT2D eigenvalue weighted by atomic mass is 16.6. The highest BCUT2D eigenvalue weighted by Crippen LogP contribution is 2.18. The molecule has 0 aromatic carbocycles. The predicted octanol–water partition coefficient (Wildman–Crippen LogP) is 24.2. The van der Waals surface area contributed by atoms with Crippen molar-refractivity contribution in [2.24, 2.45) is 0 Å². The van der Waals surface area contributed by atoms with Crippen LogP contribution >= 0.6 is 0 Å². The summed E-state index contributed by atoms with van der Waals surface area (Å²) >= 11 is 0. The van der Waals surface area contributed by atoms with Crippen molar-refractivity contribution in [3.05, 3.63) is 85.1 Å². The SMILES string of the molecule is CC/C=C\C/C=C\C/C=C\C/C=C\C/C=C\C/C=C\CCCCCCC(=O)OC(COC(=O)CCCCCCCCCCC)COC(=O)CCCCCCCCCCCCCCCCCCCCC/C=C\CCCCCCCCCC. The Morgan fingerprint density at radius 3 is 0.765 bits per heavy atom. The first-order chi connectivity index (χ1) is 40.0. The van der Waals surface area contributed by atoms with Crippen LogP contribution in [0.3, 0.4) is 0 Å². The fourth-order valence-corrected chi connectivity index (χ4v) is 10.2. The third-order valence-electron chi connectivity index (χ3n) is 15.4. The second-order valence-corrected chi connectivity index (χ2v) is 23.4. The van der Waals surface area contributed by atoms with E-state index in [9.17, 15) is 14.4 Å². The minimum Gasteiger partial charge on any atom is -0.462 e. The van der Waals surface area contributed by atoms with E-state index >= 15 is 0 Å². The lowest BCUT2D eigenvalue weighted by atomic mass is 10.0. The lowest BCUT2D eigenvalue weighted by Crippen LogP contribution is -2.30. The molecule has 0 radical (unpaired) electrons. The lowest BCUT2D eigenvalue weighted by Gasteiger charge is -2.18. The molecule has 1 unspecified atom stereocenters. The zero-order valence-corrected chi connectivity index (χ0v) is 53.8. The van der Waals surface area contributed by atoms with Crippen molar-refractivity contribution >= 4 is 17.9 Å². The van der Waals surface area contributed by atoms with Crippen molar-refractivity contribution in [3.8, 4) is 0 Å². The Kier molecular flexibility index (Phi) is 66.2. The second-order valence-electron chi connectivity index (χ2n) is 23.4. The van der Waals surface area contributed by atoms with Crippen LogP contribution in [-0.4, -0.2) is 37.2 Å². The molecule has 6 nitrogen and oxygen atoms in total. The van der Waals surface area contributed by atoms with Crippen LogP contribution in [0, 0.1) is 0 Å². The van der Waals surface area contributed by atoms with Gasteiger partial charge >= 0.3 is 17.9 Å². The predicted molar refractivity (Wildman–Crippen MR) is 353 cm³/mol. The van der Waals surface area contributed by atoms with Gasteiger partial charge in [0.15, 0.2) is 6.10 Å². The molecule has 468 valence electrons. The van der Waals surface area contributed by atoms with Gasteiger partial charge in [-0.2, -0.15) is 0 Å². The topological polar surface area (TPSA) is 78.9 Å². The third kappa shape index (κ3) is 67.3. The number of carbonyl (C=O) groups excluding carboxylic acids is 3. The zero-order chi connectivity index (χ0) is 58.5. The van der Waals surface area contributed by atoms with E-state index in [0.717, 1.165) is 109 Å². The first kappa shape index (κ1) is 77.6. The standard InChI is InChI=1S/C75H132O6/c1-4-7-10-13-16-19-21-23-25-27-29-31-33-34-35-36-37-38-39-40-42-43-45-47-49-51-53-56-59-62-65-68-74(77)80-71-72(70-79-73(76)67-64-61-58-55-18-15-12-9-6-3)81-75(78)69-66-63-60-57-54-52-50-48-46-44-41-32-30-28-26-24-22-20-17-14-11-8-5-2/h8,11,17,20,24,26-27,29-30,32,44,46,50,52,72H,4-7,9-10,12-16,18-19,21-23,25,28,31,33-43,45,47-49,51,53-71H2,1-3H3/b11-8-,20-17-,26-24-,29-27-,32-30-,46-44-,52-50-. The van der Waals surface area contributed by atoms with Crippen LogP contribution in [0.5, 0.6) is 0 Å². The smallest absolute Gasteiger partial charge is 0.306 e. The monoisotopic (exact) mass is 1130 g/mol. The molecule has 0 spiro atoms. The summed E-state index contributed by atoms with van der Waals surface area (Å²) in [5, 5.41) is 0. The summed E-state index contributed by atoms with van der Waals surface area (Å²) in [5.41, 5.74) is 0. The maximum Gasteiger partial charge on any atom is 0.306 e. The fourth-order valence-electron chi connectivity index (χ4n) is 10.2. The summed E-state index contributed by atoms with van der Waals surface area (Å²) < 4.78 is 16.9. The van der Waals surface area contributed by atoms with E-state index in [1.165, 1.54) is 205 Å². The molecule has 0 saturated carbocycles. The number of hydrogen-bond donors (Lipinski definition) is 0. The lowest BCUT2D eigenvalue weighted by molar-refractivity contribution is -0.167. The summed E-state index contributed by atoms with van der Waals surface area (Å²) in [6.07, 6.45) is 92.0. The van der Waals surface area contributed by atoms with Gasteiger partial charge in [0.1, 0.15) is 13.2 Å². The normalized spacial score (nSPS) is 12.6. The van der Waals surface area contributed by atoms with E-state index in [1.54, 1.807) is 0 Å². The first-order valence-corrected chi connectivity index (χ1v) is 35.1. The highest BCUT2D eigenvalue weighted by Gasteiger charge is 2.19. The van der Waals surface area contributed by atoms with Crippen molar-refractivity contribution in [1.82, 2.24) is 0 Å². The Morgan fingerprint density at radius 2 is 0.481 bits per heavy atom. The molecule has 0 saturated heterocycles. The van der Waals surface area contributed by atoms with Crippen LogP contribution in [-0.2, 0) is 28.6 Å². The summed E-state index contributed by atoms with van der Waals surface area (Å²) in [5.74, 6) is -0.896. The Hall–Kier alpha value is -3.41. The van der Waals surface area contributed by atoms with Gasteiger partial charge < -0.3 is 14.2 Å². The number of esters is 3. The highest BCUT2D eigenvalue weighted by molar-refractivity contribution is 5.71. The summed E-state index contributed by atoms with van der Waals surface area (Å²) in [7, 11) is 0. The number of hydrogen-bond acceptors (Lipinski definition) is 6. The molecule has 1 atom stereocenters. The van der Waals surface area contributed by atoms with E-state index in [0.29, 0.717) is 19.3 Å². The van der Waals surface area contributed by atoms with E-state index in [2.05, 4.69) is 106 Å². The molecule has 6 heteroatoms. The first-order valence-electron chi connectivity index (χ1n) is 35.1. The van der Waals surface area contributed by atoms with Crippen LogP contribution < -0.4 is 0 Å². The maximum absolute atomic E-state index is 12.9. The Labute approximate surface area is 503 Å². The maximum atomic E-state index is 12.9. The summed E-state index contributed by atoms with van der Waals surface area (Å²) in [6.45, 7) is 6.53. The average molecular weight is 1130 g/mol. The molecule has 0 rings (SSSR count). The Balaban J connectivity index is 4.15. The molecule has 0 aromatic rings. The van der Waals surface area contributed by atoms with Crippen molar-refractivity contribution in [2.75, 3.05) is 13.2 Å². The van der Waals surface area contributed by atoms with Crippen LogP contribution in [0.1, 0.15) is 355 Å². The van der Waals surface area contributed by atoms with Crippen LogP contribution in [0.25, 0.3) is 0 Å². The second kappa shape index (κ2) is 69.1. The van der Waals surface area contributed by atoms with Crippen molar-refractivity contribution in [1.29, 1.82) is 0 Å². The Morgan fingerprint density at radius 1 is 0.259 bits per heavy atom. The molecule has 0 N–H and O–H groups in total. The van der Waals surface area contributed by atoms with Crippen LogP contribution in [0.4, 0.5) is 0 Å². The minimum absolute atomic E-state index is 0.0834. The van der Waals surface area contributed by atoms with Gasteiger partial charge in [-0.15, -0.1) is 0 Å². The van der Waals surface area contributed by atoms with Gasteiger partial charge in [0, 0.05) is 19.3 Å². The third-order valence-corrected chi connectivity index (χ3v) is 15.4. The largest absolute Gasteiger partial charge is 0.462 e. The van der Waals surface area contributed by atoms with Gasteiger partial charge in [0.25, 0.3) is 0 Å². The molecule has 0 amide bonds. The molecule has 0 aliphatic carbocycles. The molecular weight excluding hydrogens is 997 g/mol. The molecule has 0 aliphatic rings. The molecular formula is C75H132O6. The zero-order valence-electron chi connectivity index (χ0n) is 53.8. The van der Waals surface area contributed by atoms with Gasteiger partial charge in [-0.3, -0.25) is 14.4 Å². The van der Waals surface area contributed by atoms with E-state index < -0.39 is 6.10 Å². The van der Waals surface area contributed by atoms with Gasteiger partial charge in [0.05, 0.1) is 0 Å². The van der Waals surface area contributed by atoms with Gasteiger partial charge in [-0.1, -0.05) is 324 Å². The Bertz CT molecular complexity index is 1530. The molecule has 0 bridgehead atoms. The quantitative estimate of drug-likeness (QED) is 0.0261. The van der Waals surface area contributed by atoms with Crippen molar-refractivity contribution in [2.45, 2.75) is 361 Å². The van der Waals surface area contributed by atoms with Gasteiger partial charge in [-0.25, -0.2) is 0 Å². The van der Waals surface area contributed by atoms with Gasteiger partial charge in [0.2, 0.25) is 0 Å². The number of ether oxygens (including phenoxy) is 3. The molecule has 0 aromatic heterocycles. The molecule has 0 heterocycles. The minimum atomic E-state index is -0.789. The van der Waals surface area contributed by atoms with Crippen molar-refractivity contribution in [3.63, 3.8) is 0 Å². The fraction of sp³-hybridized carbons (Fsp3) is 0.773. The number of allylic oxidation sites excluding steroid dienone is 14. The van der Waals surface area contributed by atoms with E-state index in [4.69, 9.17) is 14.2 Å². The average Bonchev–Trinajstić information content (AvgIpc) is 3.47. The number of carbonyl (C=O) groups is 3. The molecule has 0 aliphatic heterocycles. The van der Waals surface area contributed by atoms with Crippen LogP contribution in [0.15, 0.2) is 85.1 Å². The summed E-state index contributed by atoms with van der Waals surface area (Å²) in [4.78, 5) is 38.3. The van der Waals surface area contributed by atoms with Crippen molar-refractivity contribution < 1.29 is 28.6 Å². The van der Waals surface area contributed by atoms with E-state index in [-0.39, 0.29) is 31.1 Å². The van der Waals surface area contributed by atoms with E-state index in [1.807, 2.05) is 0 Å².